The van der Waals surface area contributed by atoms with E-state index in [0.717, 1.165) is 6.92 Å². The molecule has 1 rings (SSSR count). The lowest BCUT2D eigenvalue weighted by molar-refractivity contribution is -0.309. The van der Waals surface area contributed by atoms with Crippen LogP contribution in [0.15, 0.2) is 0 Å². The molecule has 0 N–H and O–H groups in total. The van der Waals surface area contributed by atoms with E-state index in [1.165, 1.54) is 0 Å². The van der Waals surface area contributed by atoms with Crippen LogP contribution in [0.4, 0.5) is 26.3 Å². The van der Waals surface area contributed by atoms with Gasteiger partial charge in [0, 0.05) is 12.8 Å². The molecule has 0 aromatic carbocycles. The quantitative estimate of drug-likeness (QED) is 0.435. The molecule has 0 saturated heterocycles. The van der Waals surface area contributed by atoms with Gasteiger partial charge in [-0.3, -0.25) is 14.4 Å². The summed E-state index contributed by atoms with van der Waals surface area (Å²) in [5, 5.41) is 0. The van der Waals surface area contributed by atoms with Gasteiger partial charge in [-0.25, -0.2) is 0 Å². The fourth-order valence-electron chi connectivity index (χ4n) is 2.69. The molecule has 23 heavy (non-hydrogen) atoms. The highest BCUT2D eigenvalue weighted by atomic mass is 19.4. The van der Waals surface area contributed by atoms with Gasteiger partial charge in [0.05, 0.1) is 6.61 Å². The van der Waals surface area contributed by atoms with Crippen LogP contribution in [0.5, 0.6) is 0 Å². The topological polar surface area (TPSA) is 60.4 Å². The van der Waals surface area contributed by atoms with Crippen molar-refractivity contribution >= 4 is 17.5 Å². The van der Waals surface area contributed by atoms with Crippen LogP contribution in [0, 0.1) is 11.3 Å². The molecule has 1 atom stereocenters. The van der Waals surface area contributed by atoms with E-state index in [9.17, 15) is 40.7 Å². The highest BCUT2D eigenvalue weighted by molar-refractivity contribution is 6.05. The van der Waals surface area contributed by atoms with Gasteiger partial charge in [-0.1, -0.05) is 0 Å². The summed E-state index contributed by atoms with van der Waals surface area (Å²) < 4.78 is 82.2. The van der Waals surface area contributed by atoms with Crippen molar-refractivity contribution in [1.29, 1.82) is 0 Å². The Bertz CT molecular complexity index is 482. The summed E-state index contributed by atoms with van der Waals surface area (Å²) in [4.78, 5) is 34.5. The van der Waals surface area contributed by atoms with Crippen LogP contribution >= 0.6 is 0 Å². The first kappa shape index (κ1) is 19.4. The molecule has 0 radical (unpaired) electrons. The van der Waals surface area contributed by atoms with E-state index in [1.54, 1.807) is 0 Å². The van der Waals surface area contributed by atoms with E-state index in [1.807, 2.05) is 0 Å². The molecule has 0 bridgehead atoms. The molecule has 1 aliphatic carbocycles. The maximum absolute atomic E-state index is 13.0. The lowest BCUT2D eigenvalue weighted by atomic mass is 9.72. The molecule has 1 unspecified atom stereocenters. The molecule has 10 heteroatoms. The Morgan fingerprint density at radius 3 is 2.04 bits per heavy atom. The van der Waals surface area contributed by atoms with E-state index in [0.29, 0.717) is 0 Å². The first-order valence-corrected chi connectivity index (χ1v) is 6.67. The molecule has 0 heterocycles. The maximum Gasteiger partial charge on any atom is 0.402 e. The largest absolute Gasteiger partial charge is 0.464 e. The number of carbonyl (C=O) groups is 3. The van der Waals surface area contributed by atoms with E-state index < -0.39 is 60.7 Å². The molecule has 132 valence electrons. The number of ketones is 2. The summed E-state index contributed by atoms with van der Waals surface area (Å²) in [7, 11) is 0. The van der Waals surface area contributed by atoms with Gasteiger partial charge in [-0.15, -0.1) is 0 Å². The Morgan fingerprint density at radius 2 is 1.70 bits per heavy atom. The van der Waals surface area contributed by atoms with E-state index in [4.69, 9.17) is 0 Å². The Morgan fingerprint density at radius 1 is 1.17 bits per heavy atom. The third-order valence-electron chi connectivity index (χ3n) is 3.67. The highest BCUT2D eigenvalue weighted by Gasteiger charge is 2.73. The van der Waals surface area contributed by atoms with Gasteiger partial charge in [-0.2, -0.15) is 26.3 Å². The van der Waals surface area contributed by atoms with E-state index in [2.05, 4.69) is 4.74 Å². The van der Waals surface area contributed by atoms with Crippen LogP contribution in [-0.2, 0) is 19.1 Å². The Balaban J connectivity index is 3.23. The minimum atomic E-state index is -5.84. The van der Waals surface area contributed by atoms with Gasteiger partial charge >= 0.3 is 18.3 Å². The van der Waals surface area contributed by atoms with Crippen LogP contribution < -0.4 is 0 Å². The second-order valence-corrected chi connectivity index (χ2v) is 5.35. The molecule has 0 spiro atoms. The average molecular weight is 348 g/mol. The van der Waals surface area contributed by atoms with E-state index in [-0.39, 0.29) is 12.8 Å². The Labute approximate surface area is 127 Å². The van der Waals surface area contributed by atoms with Crippen LogP contribution in [-0.4, -0.2) is 36.5 Å². The number of Topliss-reactive ketones (excluding diaryl/α,β-unsaturated/α-hetero) is 2. The zero-order valence-electron chi connectivity index (χ0n) is 12.0. The van der Waals surface area contributed by atoms with Gasteiger partial charge in [0.1, 0.15) is 11.2 Å². The molecule has 0 amide bonds. The summed E-state index contributed by atoms with van der Waals surface area (Å²) in [6, 6.07) is 0. The van der Waals surface area contributed by atoms with Crippen molar-refractivity contribution in [2.45, 2.75) is 45.0 Å². The van der Waals surface area contributed by atoms with Crippen molar-refractivity contribution in [3.63, 3.8) is 0 Å². The Hall–Kier alpha value is -1.61. The standard InChI is InChI=1S/C13H14F6O4/c1-7(20)4-6-23-10(22)11(5-2-3-8(11)21)9(12(14,15)16)13(17,18)19/h9H,2-6H2,1H3. The lowest BCUT2D eigenvalue weighted by Crippen LogP contribution is -2.55. The predicted molar refractivity (Wildman–Crippen MR) is 63.1 cm³/mol. The van der Waals surface area contributed by atoms with Crippen molar-refractivity contribution < 1.29 is 45.5 Å². The molecule has 1 saturated carbocycles. The minimum absolute atomic E-state index is 0.275. The fraction of sp³-hybridized carbons (Fsp3) is 0.769. The normalized spacial score (nSPS) is 22.5. The van der Waals surface area contributed by atoms with E-state index >= 15 is 0 Å². The highest BCUT2D eigenvalue weighted by Crippen LogP contribution is 2.55. The van der Waals surface area contributed by atoms with Gasteiger partial charge < -0.3 is 4.74 Å². The minimum Gasteiger partial charge on any atom is -0.464 e. The number of hydrogen-bond acceptors (Lipinski definition) is 4. The number of esters is 1. The zero-order valence-corrected chi connectivity index (χ0v) is 12.0. The fourth-order valence-corrected chi connectivity index (χ4v) is 2.69. The van der Waals surface area contributed by atoms with Crippen LogP contribution in [0.25, 0.3) is 0 Å². The molecule has 0 aromatic rings. The monoisotopic (exact) mass is 348 g/mol. The molecule has 1 aliphatic rings. The molecular formula is C13H14F6O4. The van der Waals surface area contributed by atoms with Gasteiger partial charge in [-0.05, 0) is 19.8 Å². The summed E-state index contributed by atoms with van der Waals surface area (Å²) in [5.41, 5.74) is -3.33. The number of hydrogen-bond donors (Lipinski definition) is 0. The molecule has 0 aromatic heterocycles. The number of halogens is 6. The Kier molecular flexibility index (Phi) is 5.48. The van der Waals surface area contributed by atoms with Gasteiger partial charge in [0.25, 0.3) is 0 Å². The second-order valence-electron chi connectivity index (χ2n) is 5.35. The van der Waals surface area contributed by atoms with Crippen molar-refractivity contribution in [2.24, 2.45) is 11.3 Å². The van der Waals surface area contributed by atoms with Crippen molar-refractivity contribution in [3.8, 4) is 0 Å². The molecule has 1 fully saturated rings. The SMILES string of the molecule is CC(=O)CCOC(=O)C1(C(C(F)(F)F)C(F)(F)F)CCCC1=O. The first-order valence-electron chi connectivity index (χ1n) is 6.67. The number of alkyl halides is 6. The zero-order chi connectivity index (χ0) is 18.1. The van der Waals surface area contributed by atoms with Crippen LogP contribution in [0.3, 0.4) is 0 Å². The second kappa shape index (κ2) is 6.48. The molecular weight excluding hydrogens is 334 g/mol. The van der Waals surface area contributed by atoms with Crippen molar-refractivity contribution in [1.82, 2.24) is 0 Å². The van der Waals surface area contributed by atoms with Gasteiger partial charge in [0.2, 0.25) is 0 Å². The number of rotatable bonds is 5. The summed E-state index contributed by atoms with van der Waals surface area (Å²) >= 11 is 0. The first-order chi connectivity index (χ1) is 10.3. The van der Waals surface area contributed by atoms with Crippen LogP contribution in [0.2, 0.25) is 0 Å². The third kappa shape index (κ3) is 4.03. The smallest absolute Gasteiger partial charge is 0.402 e. The lowest BCUT2D eigenvalue weighted by Gasteiger charge is -2.36. The maximum atomic E-state index is 13.0. The average Bonchev–Trinajstić information content (AvgIpc) is 2.67. The predicted octanol–water partition coefficient (Wildman–Crippen LogP) is 2.99. The van der Waals surface area contributed by atoms with Gasteiger partial charge in [0.15, 0.2) is 11.7 Å². The summed E-state index contributed by atoms with van der Waals surface area (Å²) in [6.45, 7) is 0.435. The number of carbonyl (C=O) groups excluding carboxylic acids is 3. The van der Waals surface area contributed by atoms with Crippen molar-refractivity contribution in [2.75, 3.05) is 6.61 Å². The van der Waals surface area contributed by atoms with Crippen molar-refractivity contribution in [3.05, 3.63) is 0 Å². The molecule has 4 nitrogen and oxygen atoms in total. The summed E-state index contributed by atoms with van der Waals surface area (Å²) in [6.07, 6.45) is -13.8. The summed E-state index contributed by atoms with van der Waals surface area (Å²) in [5.74, 6) is -7.90. The third-order valence-corrected chi connectivity index (χ3v) is 3.67. The number of ether oxygens (including phenoxy) is 1. The molecule has 0 aliphatic heterocycles. The van der Waals surface area contributed by atoms with Crippen LogP contribution in [0.1, 0.15) is 32.6 Å².